The maximum Gasteiger partial charge on any atom is 0.255 e. The topological polar surface area (TPSA) is 50.4 Å². The minimum absolute atomic E-state index is 0.113. The minimum Gasteiger partial charge on any atom is -0.488 e. The predicted octanol–water partition coefficient (Wildman–Crippen LogP) is 3.40. The molecule has 3 rings (SSSR count). The Morgan fingerprint density at radius 1 is 1.21 bits per heavy atom. The van der Waals surface area contributed by atoms with Crippen LogP contribution in [0, 0.1) is 0 Å². The molecule has 4 nitrogen and oxygen atoms in total. The van der Waals surface area contributed by atoms with E-state index in [1.54, 1.807) is 12.1 Å². The van der Waals surface area contributed by atoms with Gasteiger partial charge in [-0.3, -0.25) is 4.79 Å². The fraction of sp³-hybridized carbons (Fsp3) is 0.316. The van der Waals surface area contributed by atoms with Crippen molar-refractivity contribution in [1.82, 2.24) is 10.6 Å². The van der Waals surface area contributed by atoms with Gasteiger partial charge in [0, 0.05) is 23.2 Å². The van der Waals surface area contributed by atoms with E-state index in [0.717, 1.165) is 24.9 Å². The number of hydrogen-bond acceptors (Lipinski definition) is 3. The number of rotatable bonds is 6. The highest BCUT2D eigenvalue weighted by Crippen LogP contribution is 2.22. The van der Waals surface area contributed by atoms with E-state index in [-0.39, 0.29) is 5.91 Å². The number of nitrogens with one attached hydrogen (secondary N) is 2. The van der Waals surface area contributed by atoms with Crippen molar-refractivity contribution in [2.45, 2.75) is 25.5 Å². The Bertz CT molecular complexity index is 699. The van der Waals surface area contributed by atoms with Crippen LogP contribution in [-0.4, -0.2) is 25.0 Å². The van der Waals surface area contributed by atoms with Crippen LogP contribution in [0.5, 0.6) is 5.75 Å². The second kappa shape index (κ2) is 8.18. The van der Waals surface area contributed by atoms with Gasteiger partial charge in [-0.2, -0.15) is 0 Å². The highest BCUT2D eigenvalue weighted by molar-refractivity contribution is 6.31. The lowest BCUT2D eigenvalue weighted by Crippen LogP contribution is -2.37. The van der Waals surface area contributed by atoms with E-state index < -0.39 is 0 Å². The molecule has 1 unspecified atom stereocenters. The number of benzene rings is 2. The van der Waals surface area contributed by atoms with Crippen molar-refractivity contribution in [2.75, 3.05) is 13.1 Å². The molecule has 0 aromatic heterocycles. The first-order chi connectivity index (χ1) is 11.7. The summed E-state index contributed by atoms with van der Waals surface area (Å²) < 4.78 is 5.84. The molecule has 0 bridgehead atoms. The summed E-state index contributed by atoms with van der Waals surface area (Å²) in [5.41, 5.74) is 1.44. The van der Waals surface area contributed by atoms with Gasteiger partial charge in [-0.1, -0.05) is 41.9 Å². The summed E-state index contributed by atoms with van der Waals surface area (Å²) in [6.07, 6.45) is 2.27. The van der Waals surface area contributed by atoms with Gasteiger partial charge in [0.05, 0.1) is 5.56 Å². The van der Waals surface area contributed by atoms with Crippen molar-refractivity contribution >= 4 is 17.5 Å². The molecular formula is C19H21ClN2O2. The number of halogens is 1. The Labute approximate surface area is 147 Å². The highest BCUT2D eigenvalue weighted by atomic mass is 35.5. The lowest BCUT2D eigenvalue weighted by atomic mass is 10.1. The molecule has 2 N–H and O–H groups in total. The summed E-state index contributed by atoms with van der Waals surface area (Å²) in [5, 5.41) is 7.01. The Morgan fingerprint density at radius 2 is 2.00 bits per heavy atom. The van der Waals surface area contributed by atoms with Crippen LogP contribution in [0.4, 0.5) is 0 Å². The quantitative estimate of drug-likeness (QED) is 0.844. The van der Waals surface area contributed by atoms with Crippen molar-refractivity contribution in [1.29, 1.82) is 0 Å². The summed E-state index contributed by atoms with van der Waals surface area (Å²) in [6.45, 7) is 1.99. The van der Waals surface area contributed by atoms with Crippen molar-refractivity contribution in [3.8, 4) is 5.75 Å². The van der Waals surface area contributed by atoms with Gasteiger partial charge in [0.15, 0.2) is 0 Å². The van der Waals surface area contributed by atoms with Crippen LogP contribution in [0.1, 0.15) is 28.8 Å². The monoisotopic (exact) mass is 344 g/mol. The molecule has 24 heavy (non-hydrogen) atoms. The first kappa shape index (κ1) is 16.8. The van der Waals surface area contributed by atoms with E-state index in [4.69, 9.17) is 16.3 Å². The zero-order chi connectivity index (χ0) is 16.8. The number of ether oxygens (including phenoxy) is 1. The molecule has 0 radical (unpaired) electrons. The lowest BCUT2D eigenvalue weighted by molar-refractivity contribution is 0.0946. The van der Waals surface area contributed by atoms with Crippen LogP contribution in [0.3, 0.4) is 0 Å². The van der Waals surface area contributed by atoms with Crippen molar-refractivity contribution < 1.29 is 9.53 Å². The van der Waals surface area contributed by atoms with Crippen LogP contribution >= 0.6 is 11.6 Å². The molecule has 1 saturated heterocycles. The van der Waals surface area contributed by atoms with Gasteiger partial charge in [-0.25, -0.2) is 0 Å². The summed E-state index contributed by atoms with van der Waals surface area (Å²) in [6, 6.07) is 15.2. The molecular weight excluding hydrogens is 324 g/mol. The van der Waals surface area contributed by atoms with E-state index in [1.165, 1.54) is 0 Å². The van der Waals surface area contributed by atoms with Crippen molar-refractivity contribution in [2.24, 2.45) is 0 Å². The zero-order valence-electron chi connectivity index (χ0n) is 13.4. The van der Waals surface area contributed by atoms with Gasteiger partial charge in [0.2, 0.25) is 0 Å². The Kier molecular flexibility index (Phi) is 5.72. The fourth-order valence-electron chi connectivity index (χ4n) is 2.79. The molecule has 2 aromatic carbocycles. The van der Waals surface area contributed by atoms with Crippen molar-refractivity contribution in [3.05, 3.63) is 64.7 Å². The van der Waals surface area contributed by atoms with E-state index >= 15 is 0 Å². The molecule has 1 amide bonds. The van der Waals surface area contributed by atoms with Crippen molar-refractivity contribution in [3.63, 3.8) is 0 Å². The molecule has 126 valence electrons. The molecule has 0 saturated carbocycles. The lowest BCUT2D eigenvalue weighted by Gasteiger charge is -2.14. The predicted molar refractivity (Wildman–Crippen MR) is 95.6 cm³/mol. The largest absolute Gasteiger partial charge is 0.488 e. The number of para-hydroxylation sites is 1. The second-order valence-electron chi connectivity index (χ2n) is 5.88. The summed E-state index contributed by atoms with van der Waals surface area (Å²) in [4.78, 5) is 12.5. The Balaban J connectivity index is 1.63. The van der Waals surface area contributed by atoms with Gasteiger partial charge in [-0.05, 0) is 37.6 Å². The smallest absolute Gasteiger partial charge is 0.255 e. The van der Waals surface area contributed by atoms with Gasteiger partial charge in [0.25, 0.3) is 5.91 Å². The average Bonchev–Trinajstić information content (AvgIpc) is 3.13. The van der Waals surface area contributed by atoms with Gasteiger partial charge in [0.1, 0.15) is 12.4 Å². The second-order valence-corrected chi connectivity index (χ2v) is 6.29. The maximum absolute atomic E-state index is 12.5. The molecule has 1 aliphatic rings. The Hall–Kier alpha value is -2.04. The van der Waals surface area contributed by atoms with Crippen LogP contribution in [0.25, 0.3) is 0 Å². The number of carbonyl (C=O) groups excluding carboxylic acids is 1. The third-order valence-electron chi connectivity index (χ3n) is 4.14. The van der Waals surface area contributed by atoms with E-state index in [2.05, 4.69) is 10.6 Å². The first-order valence-corrected chi connectivity index (χ1v) is 8.58. The highest BCUT2D eigenvalue weighted by Gasteiger charge is 2.17. The Morgan fingerprint density at radius 3 is 2.79 bits per heavy atom. The normalized spacial score (nSPS) is 16.8. The van der Waals surface area contributed by atoms with E-state index in [1.807, 2.05) is 36.4 Å². The summed E-state index contributed by atoms with van der Waals surface area (Å²) in [7, 11) is 0. The average molecular weight is 345 g/mol. The molecule has 5 heteroatoms. The molecule has 1 atom stereocenters. The van der Waals surface area contributed by atoms with Crippen LogP contribution < -0.4 is 15.4 Å². The number of carbonyl (C=O) groups is 1. The maximum atomic E-state index is 12.5. The van der Waals surface area contributed by atoms with Crippen LogP contribution in [-0.2, 0) is 6.61 Å². The zero-order valence-corrected chi connectivity index (χ0v) is 14.2. The van der Waals surface area contributed by atoms with Gasteiger partial charge >= 0.3 is 0 Å². The number of amides is 1. The van der Waals surface area contributed by atoms with E-state index in [0.29, 0.717) is 35.5 Å². The number of hydrogen-bond donors (Lipinski definition) is 2. The van der Waals surface area contributed by atoms with Gasteiger partial charge < -0.3 is 15.4 Å². The van der Waals surface area contributed by atoms with Crippen LogP contribution in [0.15, 0.2) is 48.5 Å². The summed E-state index contributed by atoms with van der Waals surface area (Å²) >= 11 is 6.15. The first-order valence-electron chi connectivity index (χ1n) is 8.21. The SMILES string of the molecule is O=C(NCC1CCCN1)c1ccccc1OCc1ccccc1Cl. The molecule has 2 aromatic rings. The minimum atomic E-state index is -0.113. The summed E-state index contributed by atoms with van der Waals surface area (Å²) in [5.74, 6) is 0.452. The molecule has 0 spiro atoms. The van der Waals surface area contributed by atoms with E-state index in [9.17, 15) is 4.79 Å². The third-order valence-corrected chi connectivity index (χ3v) is 4.51. The third kappa shape index (κ3) is 4.28. The molecule has 0 aliphatic carbocycles. The standard InChI is InChI=1S/C19H21ClN2O2/c20-17-9-3-1-6-14(17)13-24-18-10-4-2-8-16(18)19(23)22-12-15-7-5-11-21-15/h1-4,6,8-10,15,21H,5,7,11-13H2,(H,22,23). The van der Waals surface area contributed by atoms with Crippen LogP contribution in [0.2, 0.25) is 5.02 Å². The fourth-order valence-corrected chi connectivity index (χ4v) is 2.98. The molecule has 1 fully saturated rings. The van der Waals surface area contributed by atoms with Gasteiger partial charge in [-0.15, -0.1) is 0 Å². The molecule has 1 aliphatic heterocycles. The molecule has 1 heterocycles.